The number of carbonyl (C=O) groups is 1. The molecule has 1 N–H and O–H groups in total. The van der Waals surface area contributed by atoms with Crippen LogP contribution in [0.3, 0.4) is 0 Å². The van der Waals surface area contributed by atoms with Gasteiger partial charge >= 0.3 is 0 Å². The van der Waals surface area contributed by atoms with Crippen LogP contribution in [0.1, 0.15) is 63.5 Å². The van der Waals surface area contributed by atoms with E-state index >= 15 is 0 Å². The van der Waals surface area contributed by atoms with E-state index in [0.717, 1.165) is 29.5 Å². The lowest BCUT2D eigenvalue weighted by Gasteiger charge is -2.11. The van der Waals surface area contributed by atoms with Gasteiger partial charge in [0.25, 0.3) is 5.91 Å². The van der Waals surface area contributed by atoms with Crippen molar-refractivity contribution in [2.24, 2.45) is 0 Å². The lowest BCUT2D eigenvalue weighted by Crippen LogP contribution is -2.20. The molecule has 182 valence electrons. The molecule has 0 aliphatic rings. The fourth-order valence-corrected chi connectivity index (χ4v) is 3.99. The third kappa shape index (κ3) is 5.85. The van der Waals surface area contributed by atoms with Crippen molar-refractivity contribution < 1.29 is 13.9 Å². The maximum Gasteiger partial charge on any atom is 0.262 e. The van der Waals surface area contributed by atoms with Crippen molar-refractivity contribution in [3.05, 3.63) is 76.8 Å². The van der Waals surface area contributed by atoms with Crippen LogP contribution in [0.4, 0.5) is 5.69 Å². The summed E-state index contributed by atoms with van der Waals surface area (Å²) in [6.45, 7) is 8.59. The topological polar surface area (TPSA) is 64.4 Å². The maximum absolute atomic E-state index is 12.5. The number of rotatable bonds is 9. The summed E-state index contributed by atoms with van der Waals surface area (Å²) in [5.41, 5.74) is 5.23. The highest BCUT2D eigenvalue weighted by molar-refractivity contribution is 6.33. The van der Waals surface area contributed by atoms with Crippen LogP contribution in [0.5, 0.6) is 5.75 Å². The quantitative estimate of drug-likeness (QED) is 0.257. The molecule has 0 saturated carbocycles. The second-order valence-corrected chi connectivity index (χ2v) is 9.37. The van der Waals surface area contributed by atoms with Crippen molar-refractivity contribution in [3.8, 4) is 17.2 Å². The molecule has 1 heterocycles. The summed E-state index contributed by atoms with van der Waals surface area (Å²) in [6, 6.07) is 19.3. The van der Waals surface area contributed by atoms with Gasteiger partial charge in [-0.05, 0) is 78.3 Å². The fraction of sp³-hybridized carbons (Fsp3) is 0.310. The molecule has 0 fully saturated rings. The lowest BCUT2D eigenvalue weighted by atomic mass is 9.98. The van der Waals surface area contributed by atoms with E-state index in [1.165, 1.54) is 11.1 Å². The van der Waals surface area contributed by atoms with E-state index in [4.69, 9.17) is 20.8 Å². The van der Waals surface area contributed by atoms with Crippen LogP contribution in [0.2, 0.25) is 5.02 Å². The molecule has 0 unspecified atom stereocenters. The minimum absolute atomic E-state index is 0.121. The first-order valence-electron chi connectivity index (χ1n) is 12.1. The van der Waals surface area contributed by atoms with Crippen LogP contribution in [-0.4, -0.2) is 17.5 Å². The Hall–Kier alpha value is -3.31. The van der Waals surface area contributed by atoms with Gasteiger partial charge < -0.3 is 14.5 Å². The first-order chi connectivity index (χ1) is 16.9. The standard InChI is InChI=1S/C29H31ClN2O3/c1-5-18(3)20-7-11-23(12-8-20)34-17-28(33)31-25-16-22(9-13-24(25)30)29-32-26-15-21(19(4)6-2)10-14-27(26)35-29/h7-16,18-19H,5-6,17H2,1-4H3,(H,31,33)/t18-,19-/m1/s1. The normalized spacial score (nSPS) is 12.9. The Bertz CT molecular complexity index is 1310. The molecule has 4 rings (SSSR count). The van der Waals surface area contributed by atoms with Gasteiger partial charge in [0.15, 0.2) is 12.2 Å². The Labute approximate surface area is 211 Å². The first-order valence-corrected chi connectivity index (χ1v) is 12.5. The first kappa shape index (κ1) is 24.8. The number of ether oxygens (including phenoxy) is 1. The second kappa shape index (κ2) is 11.0. The molecule has 0 spiro atoms. The van der Waals surface area contributed by atoms with E-state index in [0.29, 0.717) is 34.2 Å². The summed E-state index contributed by atoms with van der Waals surface area (Å²) >= 11 is 6.35. The number of benzene rings is 3. The predicted molar refractivity (Wildman–Crippen MR) is 142 cm³/mol. The minimum atomic E-state index is -0.300. The Morgan fingerprint density at radius 2 is 1.66 bits per heavy atom. The summed E-state index contributed by atoms with van der Waals surface area (Å²) < 4.78 is 11.6. The third-order valence-electron chi connectivity index (χ3n) is 6.51. The highest BCUT2D eigenvalue weighted by atomic mass is 35.5. The maximum atomic E-state index is 12.5. The summed E-state index contributed by atoms with van der Waals surface area (Å²) in [7, 11) is 0. The molecule has 0 saturated heterocycles. The molecule has 0 aliphatic carbocycles. The molecule has 0 bridgehead atoms. The van der Waals surface area contributed by atoms with Gasteiger partial charge in [-0.25, -0.2) is 4.98 Å². The molecule has 1 amide bonds. The number of anilines is 1. The summed E-state index contributed by atoms with van der Waals surface area (Å²) in [6.07, 6.45) is 2.13. The Morgan fingerprint density at radius 1 is 0.971 bits per heavy atom. The second-order valence-electron chi connectivity index (χ2n) is 8.97. The van der Waals surface area contributed by atoms with Gasteiger partial charge in [0.1, 0.15) is 11.3 Å². The van der Waals surface area contributed by atoms with Gasteiger partial charge in [-0.15, -0.1) is 0 Å². The number of hydrogen-bond acceptors (Lipinski definition) is 4. The predicted octanol–water partition coefficient (Wildman–Crippen LogP) is 8.19. The van der Waals surface area contributed by atoms with Crippen molar-refractivity contribution in [2.75, 3.05) is 11.9 Å². The van der Waals surface area contributed by atoms with Crippen molar-refractivity contribution in [3.63, 3.8) is 0 Å². The number of aromatic nitrogens is 1. The highest BCUT2D eigenvalue weighted by Crippen LogP contribution is 2.32. The molecule has 0 radical (unpaired) electrons. The average molecular weight is 491 g/mol. The van der Waals surface area contributed by atoms with Gasteiger partial charge in [0, 0.05) is 5.56 Å². The Kier molecular flexibility index (Phi) is 7.76. The van der Waals surface area contributed by atoms with Crippen molar-refractivity contribution in [2.45, 2.75) is 52.4 Å². The number of nitrogens with one attached hydrogen (secondary N) is 1. The summed E-state index contributed by atoms with van der Waals surface area (Å²) in [5.74, 6) is 1.77. The monoisotopic (exact) mass is 490 g/mol. The molecule has 3 aromatic carbocycles. The SMILES string of the molecule is CC[C@@H](C)c1ccc(OCC(=O)Nc2cc(-c3nc4cc([C@H](C)CC)ccc4o3)ccc2Cl)cc1. The summed E-state index contributed by atoms with van der Waals surface area (Å²) in [4.78, 5) is 17.2. The molecule has 35 heavy (non-hydrogen) atoms. The van der Waals surface area contributed by atoms with Crippen LogP contribution in [0.15, 0.2) is 65.1 Å². The number of carbonyl (C=O) groups excluding carboxylic acids is 1. The average Bonchev–Trinajstić information content (AvgIpc) is 3.31. The molecule has 0 aliphatic heterocycles. The summed E-state index contributed by atoms with van der Waals surface area (Å²) in [5, 5.41) is 3.26. The smallest absolute Gasteiger partial charge is 0.262 e. The molecular formula is C29H31ClN2O3. The lowest BCUT2D eigenvalue weighted by molar-refractivity contribution is -0.118. The highest BCUT2D eigenvalue weighted by Gasteiger charge is 2.14. The number of oxazole rings is 1. The van der Waals surface area contributed by atoms with E-state index in [1.807, 2.05) is 36.4 Å². The van der Waals surface area contributed by atoms with Crippen molar-refractivity contribution in [1.82, 2.24) is 4.98 Å². The van der Waals surface area contributed by atoms with E-state index in [2.05, 4.69) is 50.1 Å². The fourth-order valence-electron chi connectivity index (χ4n) is 3.83. The van der Waals surface area contributed by atoms with Crippen molar-refractivity contribution >= 4 is 34.3 Å². The number of hydrogen-bond donors (Lipinski definition) is 1. The van der Waals surface area contributed by atoms with E-state index in [-0.39, 0.29) is 12.5 Å². The van der Waals surface area contributed by atoms with Crippen LogP contribution in [-0.2, 0) is 4.79 Å². The van der Waals surface area contributed by atoms with Crippen LogP contribution in [0, 0.1) is 0 Å². The number of amides is 1. The van der Waals surface area contributed by atoms with Crippen LogP contribution >= 0.6 is 11.6 Å². The molecule has 5 nitrogen and oxygen atoms in total. The van der Waals surface area contributed by atoms with Crippen LogP contribution < -0.4 is 10.1 Å². The van der Waals surface area contributed by atoms with Gasteiger partial charge in [-0.3, -0.25) is 4.79 Å². The van der Waals surface area contributed by atoms with E-state index in [9.17, 15) is 4.79 Å². The molecule has 1 aromatic heterocycles. The number of halogens is 1. The molecular weight excluding hydrogens is 460 g/mol. The van der Waals surface area contributed by atoms with E-state index in [1.54, 1.807) is 12.1 Å². The minimum Gasteiger partial charge on any atom is -0.484 e. The molecule has 6 heteroatoms. The number of nitrogens with zero attached hydrogens (tertiary/aromatic N) is 1. The largest absolute Gasteiger partial charge is 0.484 e. The van der Waals surface area contributed by atoms with E-state index < -0.39 is 0 Å². The zero-order valence-corrected chi connectivity index (χ0v) is 21.4. The molecule has 2 atom stereocenters. The third-order valence-corrected chi connectivity index (χ3v) is 6.84. The van der Waals surface area contributed by atoms with Gasteiger partial charge in [0.05, 0.1) is 10.7 Å². The van der Waals surface area contributed by atoms with Crippen LogP contribution in [0.25, 0.3) is 22.6 Å². The van der Waals surface area contributed by atoms with Gasteiger partial charge in [0.2, 0.25) is 5.89 Å². The van der Waals surface area contributed by atoms with Gasteiger partial charge in [-0.1, -0.05) is 57.5 Å². The van der Waals surface area contributed by atoms with Gasteiger partial charge in [-0.2, -0.15) is 0 Å². The Morgan fingerprint density at radius 3 is 2.37 bits per heavy atom. The Balaban J connectivity index is 1.45. The van der Waals surface area contributed by atoms with Crippen molar-refractivity contribution in [1.29, 1.82) is 0 Å². The molecule has 4 aromatic rings. The number of fused-ring (bicyclic) bond motifs is 1. The zero-order chi connectivity index (χ0) is 24.9. The zero-order valence-electron chi connectivity index (χ0n) is 20.6.